The van der Waals surface area contributed by atoms with Crippen LogP contribution in [0, 0.1) is 0 Å². The molecule has 4 nitrogen and oxygen atoms in total. The lowest BCUT2D eigenvalue weighted by Gasteiger charge is -2.30. The molecule has 1 aromatic carbocycles. The SMILES string of the molecule is CN(CCCC(=O)N1CCC(N)CC1)c1ccccc1. The summed E-state index contributed by atoms with van der Waals surface area (Å²) in [6.07, 6.45) is 3.41. The fraction of sp³-hybridized carbons (Fsp3) is 0.562. The number of hydrogen-bond acceptors (Lipinski definition) is 3. The summed E-state index contributed by atoms with van der Waals surface area (Å²) < 4.78 is 0. The van der Waals surface area contributed by atoms with Crippen LogP contribution < -0.4 is 10.6 Å². The Morgan fingerprint density at radius 1 is 1.30 bits per heavy atom. The van der Waals surface area contributed by atoms with E-state index in [9.17, 15) is 4.79 Å². The van der Waals surface area contributed by atoms with Gasteiger partial charge < -0.3 is 15.5 Å². The average molecular weight is 275 g/mol. The number of nitrogens with zero attached hydrogens (tertiary/aromatic N) is 2. The zero-order valence-corrected chi connectivity index (χ0v) is 12.3. The van der Waals surface area contributed by atoms with Crippen LogP contribution in [0.2, 0.25) is 0 Å². The van der Waals surface area contributed by atoms with Gasteiger partial charge in [0.15, 0.2) is 0 Å². The Kier molecular flexibility index (Phi) is 5.41. The maximum atomic E-state index is 12.1. The molecule has 1 aliphatic rings. The lowest BCUT2D eigenvalue weighted by Crippen LogP contribution is -2.42. The van der Waals surface area contributed by atoms with Gasteiger partial charge in [-0.05, 0) is 31.4 Å². The molecular formula is C16H25N3O. The van der Waals surface area contributed by atoms with Crippen LogP contribution in [0.1, 0.15) is 25.7 Å². The highest BCUT2D eigenvalue weighted by Gasteiger charge is 2.19. The largest absolute Gasteiger partial charge is 0.375 e. The van der Waals surface area contributed by atoms with Gasteiger partial charge in [-0.3, -0.25) is 4.79 Å². The summed E-state index contributed by atoms with van der Waals surface area (Å²) in [5.74, 6) is 0.276. The lowest BCUT2D eigenvalue weighted by atomic mass is 10.1. The van der Waals surface area contributed by atoms with Crippen molar-refractivity contribution in [3.8, 4) is 0 Å². The second-order valence-electron chi connectivity index (χ2n) is 5.58. The van der Waals surface area contributed by atoms with E-state index < -0.39 is 0 Å². The van der Waals surface area contributed by atoms with Crippen molar-refractivity contribution in [3.63, 3.8) is 0 Å². The fourth-order valence-electron chi connectivity index (χ4n) is 2.59. The van der Waals surface area contributed by atoms with Crippen molar-refractivity contribution in [1.82, 2.24) is 4.90 Å². The molecular weight excluding hydrogens is 250 g/mol. The predicted molar refractivity (Wildman–Crippen MR) is 82.7 cm³/mol. The van der Waals surface area contributed by atoms with E-state index in [2.05, 4.69) is 24.1 Å². The number of para-hydroxylation sites is 1. The molecule has 1 fully saturated rings. The van der Waals surface area contributed by atoms with Gasteiger partial charge in [-0.1, -0.05) is 18.2 Å². The van der Waals surface area contributed by atoms with E-state index in [1.807, 2.05) is 23.1 Å². The second-order valence-corrected chi connectivity index (χ2v) is 5.58. The molecule has 1 heterocycles. The molecule has 0 radical (unpaired) electrons. The average Bonchev–Trinajstić information content (AvgIpc) is 2.48. The Bertz CT molecular complexity index is 413. The topological polar surface area (TPSA) is 49.6 Å². The molecule has 2 rings (SSSR count). The molecule has 0 atom stereocenters. The molecule has 20 heavy (non-hydrogen) atoms. The maximum Gasteiger partial charge on any atom is 0.222 e. The molecule has 0 aromatic heterocycles. The van der Waals surface area contributed by atoms with Crippen molar-refractivity contribution < 1.29 is 4.79 Å². The normalized spacial score (nSPS) is 16.2. The zero-order chi connectivity index (χ0) is 14.4. The second kappa shape index (κ2) is 7.29. The van der Waals surface area contributed by atoms with Crippen LogP contribution in [0.25, 0.3) is 0 Å². The number of likely N-dealkylation sites (tertiary alicyclic amines) is 1. The quantitative estimate of drug-likeness (QED) is 0.892. The fourth-order valence-corrected chi connectivity index (χ4v) is 2.59. The van der Waals surface area contributed by atoms with E-state index in [-0.39, 0.29) is 11.9 Å². The maximum absolute atomic E-state index is 12.1. The van der Waals surface area contributed by atoms with Crippen molar-refractivity contribution in [2.45, 2.75) is 31.7 Å². The van der Waals surface area contributed by atoms with E-state index in [4.69, 9.17) is 5.73 Å². The molecule has 4 heteroatoms. The molecule has 2 N–H and O–H groups in total. The first-order valence-electron chi connectivity index (χ1n) is 7.46. The van der Waals surface area contributed by atoms with Crippen LogP contribution in [0.3, 0.4) is 0 Å². The van der Waals surface area contributed by atoms with Gasteiger partial charge in [-0.2, -0.15) is 0 Å². The first-order valence-corrected chi connectivity index (χ1v) is 7.46. The van der Waals surface area contributed by atoms with Gasteiger partial charge in [0, 0.05) is 44.8 Å². The third-order valence-electron chi connectivity index (χ3n) is 3.97. The standard InChI is InChI=1S/C16H25N3O/c1-18(15-6-3-2-4-7-15)11-5-8-16(20)19-12-9-14(17)10-13-19/h2-4,6-7,14H,5,8-13,17H2,1H3. The van der Waals surface area contributed by atoms with Crippen molar-refractivity contribution in [2.24, 2.45) is 5.73 Å². The van der Waals surface area contributed by atoms with E-state index in [1.54, 1.807) is 0 Å². The minimum atomic E-state index is 0.276. The van der Waals surface area contributed by atoms with Gasteiger partial charge in [0.2, 0.25) is 5.91 Å². The minimum absolute atomic E-state index is 0.276. The first kappa shape index (κ1) is 14.9. The number of piperidine rings is 1. The number of rotatable bonds is 5. The molecule has 1 saturated heterocycles. The highest BCUT2D eigenvalue weighted by molar-refractivity contribution is 5.76. The molecule has 0 aliphatic carbocycles. The molecule has 1 amide bonds. The van der Waals surface area contributed by atoms with Gasteiger partial charge >= 0.3 is 0 Å². The van der Waals surface area contributed by atoms with Crippen molar-refractivity contribution in [2.75, 3.05) is 31.6 Å². The molecule has 1 aliphatic heterocycles. The van der Waals surface area contributed by atoms with E-state index in [1.165, 1.54) is 5.69 Å². The number of benzene rings is 1. The Balaban J connectivity index is 1.69. The van der Waals surface area contributed by atoms with E-state index in [0.29, 0.717) is 6.42 Å². The minimum Gasteiger partial charge on any atom is -0.375 e. The van der Waals surface area contributed by atoms with Gasteiger partial charge in [-0.15, -0.1) is 0 Å². The summed E-state index contributed by atoms with van der Waals surface area (Å²) >= 11 is 0. The number of hydrogen-bond donors (Lipinski definition) is 1. The molecule has 0 spiro atoms. The molecule has 110 valence electrons. The van der Waals surface area contributed by atoms with Gasteiger partial charge in [0.05, 0.1) is 0 Å². The highest BCUT2D eigenvalue weighted by atomic mass is 16.2. The summed E-state index contributed by atoms with van der Waals surface area (Å²) in [7, 11) is 2.07. The number of carbonyl (C=O) groups excluding carboxylic acids is 1. The lowest BCUT2D eigenvalue weighted by molar-refractivity contribution is -0.132. The first-order chi connectivity index (χ1) is 9.66. The van der Waals surface area contributed by atoms with E-state index >= 15 is 0 Å². The third-order valence-corrected chi connectivity index (χ3v) is 3.97. The highest BCUT2D eigenvalue weighted by Crippen LogP contribution is 2.13. The number of amides is 1. The van der Waals surface area contributed by atoms with Crippen LogP contribution in [-0.4, -0.2) is 43.5 Å². The molecule has 0 bridgehead atoms. The van der Waals surface area contributed by atoms with Crippen LogP contribution in [0.5, 0.6) is 0 Å². The van der Waals surface area contributed by atoms with Crippen molar-refractivity contribution >= 4 is 11.6 Å². The summed E-state index contributed by atoms with van der Waals surface area (Å²) in [4.78, 5) is 16.2. The van der Waals surface area contributed by atoms with E-state index in [0.717, 1.165) is 38.9 Å². The molecule has 0 saturated carbocycles. The van der Waals surface area contributed by atoms with Gasteiger partial charge in [0.1, 0.15) is 0 Å². The van der Waals surface area contributed by atoms with Crippen LogP contribution >= 0.6 is 0 Å². The summed E-state index contributed by atoms with van der Waals surface area (Å²) in [6, 6.07) is 10.6. The van der Waals surface area contributed by atoms with Gasteiger partial charge in [-0.25, -0.2) is 0 Å². The van der Waals surface area contributed by atoms with Gasteiger partial charge in [0.25, 0.3) is 0 Å². The number of carbonyl (C=O) groups is 1. The Morgan fingerprint density at radius 3 is 2.60 bits per heavy atom. The van der Waals surface area contributed by atoms with Crippen LogP contribution in [0.4, 0.5) is 5.69 Å². The molecule has 0 unspecified atom stereocenters. The zero-order valence-electron chi connectivity index (χ0n) is 12.3. The Morgan fingerprint density at radius 2 is 1.95 bits per heavy atom. The van der Waals surface area contributed by atoms with Crippen LogP contribution in [0.15, 0.2) is 30.3 Å². The van der Waals surface area contributed by atoms with Crippen molar-refractivity contribution in [1.29, 1.82) is 0 Å². The van der Waals surface area contributed by atoms with Crippen molar-refractivity contribution in [3.05, 3.63) is 30.3 Å². The third kappa shape index (κ3) is 4.23. The summed E-state index contributed by atoms with van der Waals surface area (Å²) in [6.45, 7) is 2.56. The number of nitrogens with two attached hydrogens (primary N) is 1. The smallest absolute Gasteiger partial charge is 0.222 e. The number of anilines is 1. The monoisotopic (exact) mass is 275 g/mol. The Labute approximate surface area is 121 Å². The predicted octanol–water partition coefficient (Wildman–Crippen LogP) is 1.85. The summed E-state index contributed by atoms with van der Waals surface area (Å²) in [5.41, 5.74) is 7.05. The summed E-state index contributed by atoms with van der Waals surface area (Å²) in [5, 5.41) is 0. The van der Waals surface area contributed by atoms with Crippen LogP contribution in [-0.2, 0) is 4.79 Å². The Hall–Kier alpha value is -1.55. The molecule has 1 aromatic rings.